The molecule has 0 bridgehead atoms. The van der Waals surface area contributed by atoms with Crippen LogP contribution in [-0.2, 0) is 4.79 Å². The van der Waals surface area contributed by atoms with E-state index in [9.17, 15) is 19.7 Å². The van der Waals surface area contributed by atoms with Crippen LogP contribution in [0.1, 0.15) is 4.88 Å². The van der Waals surface area contributed by atoms with Crippen molar-refractivity contribution in [3.05, 3.63) is 74.5 Å². The van der Waals surface area contributed by atoms with E-state index in [2.05, 4.69) is 0 Å². The van der Waals surface area contributed by atoms with E-state index in [1.165, 1.54) is 12.1 Å². The molecule has 0 N–H and O–H groups in total. The summed E-state index contributed by atoms with van der Waals surface area (Å²) < 4.78 is 5.81. The van der Waals surface area contributed by atoms with Gasteiger partial charge in [-0.2, -0.15) is 0 Å². The second-order valence-corrected chi connectivity index (χ2v) is 8.18. The molecular formula is C20H14N2O5S2. The van der Waals surface area contributed by atoms with E-state index in [-0.39, 0.29) is 28.3 Å². The Balaban J connectivity index is 1.42. The van der Waals surface area contributed by atoms with E-state index in [4.69, 9.17) is 4.74 Å². The van der Waals surface area contributed by atoms with E-state index < -0.39 is 10.8 Å². The first kappa shape index (κ1) is 19.2. The number of hydrogen-bond acceptors (Lipinski definition) is 7. The van der Waals surface area contributed by atoms with Crippen LogP contribution >= 0.6 is 23.1 Å². The normalized spacial score (nSPS) is 15.4. The number of ether oxygens (including phenoxy) is 1. The van der Waals surface area contributed by atoms with Crippen LogP contribution in [0.2, 0.25) is 0 Å². The largest absolute Gasteiger partial charge is 0.491 e. The first-order valence-electron chi connectivity index (χ1n) is 8.63. The zero-order chi connectivity index (χ0) is 20.4. The summed E-state index contributed by atoms with van der Waals surface area (Å²) in [5.74, 6) is 0.272. The highest BCUT2D eigenvalue weighted by atomic mass is 32.2. The summed E-state index contributed by atoms with van der Waals surface area (Å²) in [5, 5.41) is 12.4. The maximum Gasteiger partial charge on any atom is 0.324 e. The second-order valence-electron chi connectivity index (χ2n) is 6.09. The molecule has 0 atom stereocenters. The van der Waals surface area contributed by atoms with Crippen LogP contribution in [0.25, 0.3) is 16.8 Å². The Kier molecular flexibility index (Phi) is 5.32. The van der Waals surface area contributed by atoms with Crippen LogP contribution in [0.15, 0.2) is 59.5 Å². The minimum absolute atomic E-state index is 0.0148. The number of thioether (sulfide) groups is 1. The number of thiophene rings is 1. The molecule has 7 nitrogen and oxygen atoms in total. The highest BCUT2D eigenvalue weighted by molar-refractivity contribution is 8.18. The third kappa shape index (κ3) is 4.01. The maximum atomic E-state index is 12.5. The van der Waals surface area contributed by atoms with Crippen LogP contribution < -0.4 is 4.74 Å². The number of nitrogens with zero attached hydrogens (tertiary/aromatic N) is 2. The Hall–Kier alpha value is -3.17. The molecule has 2 heterocycles. The molecule has 1 saturated heterocycles. The van der Waals surface area contributed by atoms with E-state index in [0.29, 0.717) is 10.6 Å². The molecule has 2 aromatic carbocycles. The topological polar surface area (TPSA) is 89.8 Å². The summed E-state index contributed by atoms with van der Waals surface area (Å²) in [7, 11) is 0. The first-order chi connectivity index (χ1) is 14.0. The number of rotatable bonds is 6. The van der Waals surface area contributed by atoms with E-state index in [1.54, 1.807) is 6.07 Å². The zero-order valence-corrected chi connectivity index (χ0v) is 16.6. The Morgan fingerprint density at radius 2 is 1.86 bits per heavy atom. The number of carbonyl (C=O) groups excluding carboxylic acids is 2. The van der Waals surface area contributed by atoms with Crippen molar-refractivity contribution in [2.75, 3.05) is 13.2 Å². The molecular weight excluding hydrogens is 412 g/mol. The number of benzene rings is 2. The summed E-state index contributed by atoms with van der Waals surface area (Å²) in [4.78, 5) is 37.0. The van der Waals surface area contributed by atoms with Crippen molar-refractivity contribution in [1.29, 1.82) is 0 Å². The van der Waals surface area contributed by atoms with Crippen LogP contribution in [0, 0.1) is 10.1 Å². The molecule has 3 aromatic rings. The summed E-state index contributed by atoms with van der Waals surface area (Å²) in [6, 6.07) is 16.5. The average molecular weight is 426 g/mol. The van der Waals surface area contributed by atoms with Gasteiger partial charge in [-0.25, -0.2) is 0 Å². The quantitative estimate of drug-likeness (QED) is 0.316. The Morgan fingerprint density at radius 3 is 2.66 bits per heavy atom. The number of nitro groups is 1. The Morgan fingerprint density at radius 1 is 1.07 bits per heavy atom. The van der Waals surface area contributed by atoms with Gasteiger partial charge in [-0.05, 0) is 35.4 Å². The molecule has 0 radical (unpaired) electrons. The maximum absolute atomic E-state index is 12.5. The summed E-state index contributed by atoms with van der Waals surface area (Å²) >= 11 is 1.78. The third-order valence-electron chi connectivity index (χ3n) is 4.26. The molecule has 0 spiro atoms. The highest BCUT2D eigenvalue weighted by Crippen LogP contribution is 2.34. The number of carbonyl (C=O) groups is 2. The van der Waals surface area contributed by atoms with E-state index >= 15 is 0 Å². The number of fused-ring (bicyclic) bond motifs is 1. The summed E-state index contributed by atoms with van der Waals surface area (Å²) in [5.41, 5.74) is 0. The molecule has 29 heavy (non-hydrogen) atoms. The van der Waals surface area contributed by atoms with Gasteiger partial charge in [0.15, 0.2) is 0 Å². The van der Waals surface area contributed by atoms with Crippen LogP contribution in [0.5, 0.6) is 5.75 Å². The van der Waals surface area contributed by atoms with Gasteiger partial charge in [0, 0.05) is 16.3 Å². The molecule has 146 valence electrons. The van der Waals surface area contributed by atoms with Crippen molar-refractivity contribution in [2.24, 2.45) is 0 Å². The van der Waals surface area contributed by atoms with Crippen molar-refractivity contribution in [3.8, 4) is 5.75 Å². The average Bonchev–Trinajstić information content (AvgIpc) is 3.28. The highest BCUT2D eigenvalue weighted by Gasteiger charge is 2.35. The monoisotopic (exact) mass is 426 g/mol. The Bertz CT molecular complexity index is 1150. The van der Waals surface area contributed by atoms with Crippen LogP contribution in [-0.4, -0.2) is 34.1 Å². The minimum atomic E-state index is -0.488. The van der Waals surface area contributed by atoms with Gasteiger partial charge >= 0.3 is 5.00 Å². The summed E-state index contributed by atoms with van der Waals surface area (Å²) in [6.07, 6.45) is 1.51. The predicted molar refractivity (Wildman–Crippen MR) is 113 cm³/mol. The van der Waals surface area contributed by atoms with E-state index in [0.717, 1.165) is 38.8 Å². The summed E-state index contributed by atoms with van der Waals surface area (Å²) in [6.45, 7) is 0.291. The SMILES string of the molecule is O=C1S/C(=C\c2ccc([N+](=O)[O-])s2)C(=O)N1CCOc1cccc2ccccc12. The lowest BCUT2D eigenvalue weighted by molar-refractivity contribution is -0.380. The fourth-order valence-corrected chi connectivity index (χ4v) is 4.60. The number of imide groups is 1. The number of hydrogen-bond donors (Lipinski definition) is 0. The van der Waals surface area contributed by atoms with Gasteiger partial charge < -0.3 is 4.74 Å². The molecule has 4 rings (SSSR count). The smallest absolute Gasteiger partial charge is 0.324 e. The Labute approximate surface area is 173 Å². The van der Waals surface area contributed by atoms with Crippen molar-refractivity contribution < 1.29 is 19.2 Å². The molecule has 9 heteroatoms. The fourth-order valence-electron chi connectivity index (χ4n) is 2.91. The molecule has 1 aliphatic rings. The fraction of sp³-hybridized carbons (Fsp3) is 0.100. The van der Waals surface area contributed by atoms with Crippen LogP contribution in [0.3, 0.4) is 0 Å². The number of amides is 2. The van der Waals surface area contributed by atoms with Crippen molar-refractivity contribution in [1.82, 2.24) is 4.90 Å². The molecule has 1 fully saturated rings. The van der Waals surface area contributed by atoms with Gasteiger partial charge in [0.1, 0.15) is 12.4 Å². The zero-order valence-electron chi connectivity index (χ0n) is 14.9. The predicted octanol–water partition coefficient (Wildman–Crippen LogP) is 4.92. The lowest BCUT2D eigenvalue weighted by atomic mass is 10.1. The molecule has 1 aromatic heterocycles. The van der Waals surface area contributed by atoms with Crippen molar-refractivity contribution >= 4 is 56.1 Å². The van der Waals surface area contributed by atoms with Crippen molar-refractivity contribution in [3.63, 3.8) is 0 Å². The van der Waals surface area contributed by atoms with Crippen molar-refractivity contribution in [2.45, 2.75) is 0 Å². The third-order valence-corrected chi connectivity index (χ3v) is 6.15. The first-order valence-corrected chi connectivity index (χ1v) is 10.3. The van der Waals surface area contributed by atoms with Gasteiger partial charge in [-0.1, -0.05) is 47.7 Å². The van der Waals surface area contributed by atoms with Gasteiger partial charge in [-0.15, -0.1) is 0 Å². The molecule has 0 saturated carbocycles. The minimum Gasteiger partial charge on any atom is -0.491 e. The van der Waals surface area contributed by atoms with Crippen LogP contribution in [0.4, 0.5) is 9.80 Å². The van der Waals surface area contributed by atoms with Gasteiger partial charge in [0.2, 0.25) is 0 Å². The van der Waals surface area contributed by atoms with Gasteiger partial charge in [0.05, 0.1) is 16.4 Å². The molecule has 0 unspecified atom stereocenters. The second kappa shape index (κ2) is 8.06. The molecule has 2 amide bonds. The van der Waals surface area contributed by atoms with Gasteiger partial charge in [-0.3, -0.25) is 24.6 Å². The van der Waals surface area contributed by atoms with Gasteiger partial charge in [0.25, 0.3) is 11.1 Å². The lowest BCUT2D eigenvalue weighted by Gasteiger charge is -2.14. The molecule has 1 aliphatic heterocycles. The lowest BCUT2D eigenvalue weighted by Crippen LogP contribution is -2.32. The molecule has 0 aliphatic carbocycles. The van der Waals surface area contributed by atoms with E-state index in [1.807, 2.05) is 42.5 Å². The standard InChI is InChI=1S/C20H14N2O5S2/c23-19-17(12-14-8-9-18(28-14)22(25)26)29-20(24)21(19)10-11-27-16-7-3-5-13-4-1-2-6-15(13)16/h1-9,12H,10-11H2/b17-12-.